The van der Waals surface area contributed by atoms with Crippen molar-refractivity contribution in [3.8, 4) is 5.95 Å². The van der Waals surface area contributed by atoms with Crippen LogP contribution in [-0.2, 0) is 6.54 Å². The van der Waals surface area contributed by atoms with Gasteiger partial charge in [0.1, 0.15) is 12.7 Å². The molecule has 0 atom stereocenters. The van der Waals surface area contributed by atoms with E-state index in [2.05, 4.69) is 30.0 Å². The van der Waals surface area contributed by atoms with Gasteiger partial charge in [0.25, 0.3) is 5.95 Å². The van der Waals surface area contributed by atoms with Crippen molar-refractivity contribution in [1.29, 1.82) is 0 Å². The molecule has 0 aliphatic rings. The number of nitrogens with zero attached hydrogens (tertiary/aromatic N) is 8. The molecule has 3 aromatic rings. The van der Waals surface area contributed by atoms with Gasteiger partial charge < -0.3 is 4.90 Å². The Morgan fingerprint density at radius 2 is 2.14 bits per heavy atom. The van der Waals surface area contributed by atoms with Crippen molar-refractivity contribution in [3.05, 3.63) is 48.0 Å². The minimum atomic E-state index is 0.0957. The van der Waals surface area contributed by atoms with Gasteiger partial charge in [-0.15, -0.1) is 0 Å². The third kappa shape index (κ3) is 3.11. The summed E-state index contributed by atoms with van der Waals surface area (Å²) >= 11 is 5.95. The predicted molar refractivity (Wildman–Crippen MR) is 76.1 cm³/mol. The number of rotatable bonds is 4. The molecule has 3 heterocycles. The maximum atomic E-state index is 5.95. The smallest absolute Gasteiger partial charge is 0.258 e. The molecule has 0 fully saturated rings. The standard InChI is InChI=1S/C12H11ClN8/c1-20(6-9-4-2-3-5-15-9)11-17-10(13)18-12(19-11)21-8-14-7-16-21/h2-5,7-8H,6H2,1H3. The Balaban J connectivity index is 1.88. The molecule has 0 saturated carbocycles. The van der Waals surface area contributed by atoms with Crippen LogP contribution < -0.4 is 4.90 Å². The van der Waals surface area contributed by atoms with Crippen LogP contribution in [0.25, 0.3) is 5.95 Å². The van der Waals surface area contributed by atoms with Crippen LogP contribution in [0.1, 0.15) is 5.69 Å². The van der Waals surface area contributed by atoms with Crippen LogP contribution in [0, 0.1) is 0 Å². The average molecular weight is 303 g/mol. The second kappa shape index (κ2) is 5.80. The molecule has 3 rings (SSSR count). The molecule has 0 aliphatic heterocycles. The molecular weight excluding hydrogens is 292 g/mol. The summed E-state index contributed by atoms with van der Waals surface area (Å²) in [4.78, 5) is 22.4. The normalized spacial score (nSPS) is 10.6. The molecule has 0 radical (unpaired) electrons. The molecule has 0 bridgehead atoms. The average Bonchev–Trinajstić information content (AvgIpc) is 3.02. The summed E-state index contributed by atoms with van der Waals surface area (Å²) in [6.45, 7) is 0.554. The Hall–Kier alpha value is -2.61. The number of pyridine rings is 1. The van der Waals surface area contributed by atoms with Gasteiger partial charge in [0.05, 0.1) is 12.2 Å². The summed E-state index contributed by atoms with van der Waals surface area (Å²) in [7, 11) is 1.85. The summed E-state index contributed by atoms with van der Waals surface area (Å²) in [5.74, 6) is 0.751. The summed E-state index contributed by atoms with van der Waals surface area (Å²) in [5.41, 5.74) is 0.902. The lowest BCUT2D eigenvalue weighted by Gasteiger charge is -2.16. The second-order valence-electron chi connectivity index (χ2n) is 4.22. The molecule has 0 N–H and O–H groups in total. The van der Waals surface area contributed by atoms with Crippen LogP contribution in [0.2, 0.25) is 5.28 Å². The van der Waals surface area contributed by atoms with E-state index in [1.807, 2.05) is 30.1 Å². The van der Waals surface area contributed by atoms with E-state index in [1.165, 1.54) is 17.3 Å². The van der Waals surface area contributed by atoms with Crippen molar-refractivity contribution < 1.29 is 0 Å². The number of anilines is 1. The van der Waals surface area contributed by atoms with Crippen molar-refractivity contribution in [2.24, 2.45) is 0 Å². The first-order valence-electron chi connectivity index (χ1n) is 6.10. The lowest BCUT2D eigenvalue weighted by atomic mass is 10.3. The minimum Gasteiger partial charge on any atom is -0.338 e. The first kappa shape index (κ1) is 13.4. The fraction of sp³-hybridized carbons (Fsp3) is 0.167. The largest absolute Gasteiger partial charge is 0.338 e. The Morgan fingerprint density at radius 1 is 1.24 bits per heavy atom. The summed E-state index contributed by atoms with van der Waals surface area (Å²) in [6.07, 6.45) is 4.63. The van der Waals surface area contributed by atoms with Gasteiger partial charge in [-0.1, -0.05) is 6.07 Å². The van der Waals surface area contributed by atoms with Crippen LogP contribution in [0.15, 0.2) is 37.1 Å². The Morgan fingerprint density at radius 3 is 2.86 bits per heavy atom. The number of halogens is 1. The van der Waals surface area contributed by atoms with Gasteiger partial charge in [0, 0.05) is 13.2 Å². The lowest BCUT2D eigenvalue weighted by molar-refractivity contribution is 0.767. The molecular formula is C12H11ClN8. The van der Waals surface area contributed by atoms with E-state index in [4.69, 9.17) is 11.6 Å². The molecule has 9 heteroatoms. The highest BCUT2D eigenvalue weighted by Gasteiger charge is 2.12. The first-order chi connectivity index (χ1) is 10.2. The van der Waals surface area contributed by atoms with Gasteiger partial charge in [-0.25, -0.2) is 4.98 Å². The number of hydrogen-bond acceptors (Lipinski definition) is 7. The van der Waals surface area contributed by atoms with Crippen LogP contribution in [-0.4, -0.2) is 41.7 Å². The maximum Gasteiger partial charge on any atom is 0.258 e. The molecule has 0 aromatic carbocycles. The third-order valence-electron chi connectivity index (χ3n) is 2.67. The number of hydrogen-bond donors (Lipinski definition) is 0. The van der Waals surface area contributed by atoms with E-state index in [-0.39, 0.29) is 5.28 Å². The quantitative estimate of drug-likeness (QED) is 0.714. The molecule has 0 saturated heterocycles. The molecule has 21 heavy (non-hydrogen) atoms. The SMILES string of the molecule is CN(Cc1ccccn1)c1nc(Cl)nc(-n2cncn2)n1. The van der Waals surface area contributed by atoms with Crippen LogP contribution in [0.5, 0.6) is 0 Å². The van der Waals surface area contributed by atoms with Gasteiger partial charge >= 0.3 is 0 Å². The summed E-state index contributed by atoms with van der Waals surface area (Å²) in [6, 6.07) is 5.72. The van der Waals surface area contributed by atoms with Crippen molar-refractivity contribution in [3.63, 3.8) is 0 Å². The topological polar surface area (TPSA) is 85.5 Å². The Kier molecular flexibility index (Phi) is 3.69. The van der Waals surface area contributed by atoms with Crippen molar-refractivity contribution in [2.45, 2.75) is 6.54 Å². The molecule has 0 spiro atoms. The second-order valence-corrected chi connectivity index (χ2v) is 4.56. The molecule has 0 aliphatic carbocycles. The zero-order valence-electron chi connectivity index (χ0n) is 11.1. The van der Waals surface area contributed by atoms with E-state index < -0.39 is 0 Å². The van der Waals surface area contributed by atoms with Gasteiger partial charge in [0.2, 0.25) is 11.2 Å². The van der Waals surface area contributed by atoms with Crippen molar-refractivity contribution in [2.75, 3.05) is 11.9 Å². The van der Waals surface area contributed by atoms with E-state index in [0.29, 0.717) is 18.4 Å². The highest BCUT2D eigenvalue weighted by molar-refractivity contribution is 6.28. The van der Waals surface area contributed by atoms with Gasteiger partial charge in [-0.3, -0.25) is 4.98 Å². The van der Waals surface area contributed by atoms with Crippen LogP contribution in [0.3, 0.4) is 0 Å². The minimum absolute atomic E-state index is 0.0957. The van der Waals surface area contributed by atoms with Crippen LogP contribution >= 0.6 is 11.6 Å². The Bertz CT molecular complexity index is 715. The summed E-state index contributed by atoms with van der Waals surface area (Å²) in [5, 5.41) is 4.07. The van der Waals surface area contributed by atoms with E-state index in [1.54, 1.807) is 6.20 Å². The molecule has 106 valence electrons. The summed E-state index contributed by atoms with van der Waals surface area (Å²) < 4.78 is 1.42. The lowest BCUT2D eigenvalue weighted by Crippen LogP contribution is -2.21. The first-order valence-corrected chi connectivity index (χ1v) is 6.48. The highest BCUT2D eigenvalue weighted by atomic mass is 35.5. The highest BCUT2D eigenvalue weighted by Crippen LogP contribution is 2.13. The third-order valence-corrected chi connectivity index (χ3v) is 2.84. The Labute approximate surface area is 125 Å². The number of aromatic nitrogens is 7. The van der Waals surface area contributed by atoms with Gasteiger partial charge in [0.15, 0.2) is 0 Å². The monoisotopic (exact) mass is 302 g/mol. The van der Waals surface area contributed by atoms with E-state index >= 15 is 0 Å². The fourth-order valence-corrected chi connectivity index (χ4v) is 1.87. The van der Waals surface area contributed by atoms with Crippen LogP contribution in [0.4, 0.5) is 5.95 Å². The molecule has 8 nitrogen and oxygen atoms in total. The fourth-order valence-electron chi connectivity index (χ4n) is 1.72. The zero-order valence-corrected chi connectivity index (χ0v) is 11.9. The molecule has 3 aromatic heterocycles. The van der Waals surface area contributed by atoms with Crippen molar-refractivity contribution >= 4 is 17.5 Å². The van der Waals surface area contributed by atoms with E-state index in [0.717, 1.165) is 5.69 Å². The van der Waals surface area contributed by atoms with Crippen molar-refractivity contribution in [1.82, 2.24) is 34.7 Å². The zero-order chi connectivity index (χ0) is 14.7. The predicted octanol–water partition coefficient (Wildman–Crippen LogP) is 1.14. The molecule has 0 unspecified atom stereocenters. The molecule has 0 amide bonds. The van der Waals surface area contributed by atoms with Gasteiger partial charge in [-0.2, -0.15) is 24.7 Å². The maximum absolute atomic E-state index is 5.95. The van der Waals surface area contributed by atoms with E-state index in [9.17, 15) is 0 Å². The van der Waals surface area contributed by atoms with Gasteiger partial charge in [-0.05, 0) is 23.7 Å².